The fraction of sp³-hybridized carbons (Fsp3) is 0.222. The summed E-state index contributed by atoms with van der Waals surface area (Å²) >= 11 is 9.66. The topological polar surface area (TPSA) is 26.3 Å². The number of benzene rings is 1. The summed E-state index contributed by atoms with van der Waals surface area (Å²) in [4.78, 5) is 10.7. The maximum Gasteiger partial charge on any atom is 0.226 e. The van der Waals surface area contributed by atoms with E-state index in [1.54, 1.807) is 7.11 Å². The number of methoxy groups -OCH3 is 1. The van der Waals surface area contributed by atoms with E-state index < -0.39 is 0 Å². The summed E-state index contributed by atoms with van der Waals surface area (Å²) in [5.74, 6) is 0.844. The lowest BCUT2D eigenvalue weighted by atomic mass is 10.2. The highest BCUT2D eigenvalue weighted by Crippen LogP contribution is 2.28. The molecule has 5 heteroatoms. The van der Waals surface area contributed by atoms with Crippen LogP contribution in [0.1, 0.15) is 5.56 Å². The van der Waals surface area contributed by atoms with Gasteiger partial charge in [-0.2, -0.15) is 0 Å². The minimum atomic E-state index is -0.346. The molecule has 0 heterocycles. The Hall–Kier alpha value is 0.440. The smallest absolute Gasteiger partial charge is 0.226 e. The van der Waals surface area contributed by atoms with Gasteiger partial charge >= 0.3 is 0 Å². The summed E-state index contributed by atoms with van der Waals surface area (Å²) in [6.07, 6.45) is 0.261. The molecule has 0 unspecified atom stereocenters. The third-order valence-corrected chi connectivity index (χ3v) is 3.34. The van der Waals surface area contributed by atoms with Crippen LogP contribution in [0.3, 0.4) is 0 Å². The Labute approximate surface area is 115 Å². The summed E-state index contributed by atoms with van der Waals surface area (Å²) in [7, 11) is 1.63. The standard InChI is InChI=1S/C9H7ClI2O2/c1-14-9-6(11)2-5(3-7(9)12)4-8(10)13/h2-3H,4H2,1H3. The second-order valence-electron chi connectivity index (χ2n) is 2.62. The molecule has 0 amide bonds. The SMILES string of the molecule is COc1c(I)cc(CC(=O)Cl)cc1I. The van der Waals surface area contributed by atoms with Gasteiger partial charge in [-0.15, -0.1) is 0 Å². The van der Waals surface area contributed by atoms with Gasteiger partial charge in [-0.05, 0) is 74.5 Å². The molecule has 0 saturated heterocycles. The van der Waals surface area contributed by atoms with Crippen molar-refractivity contribution >= 4 is 62.0 Å². The fourth-order valence-corrected chi connectivity index (χ4v) is 3.56. The van der Waals surface area contributed by atoms with Gasteiger partial charge in [0, 0.05) is 6.42 Å². The minimum Gasteiger partial charge on any atom is -0.495 e. The zero-order chi connectivity index (χ0) is 10.7. The van der Waals surface area contributed by atoms with Crippen LogP contribution in [0, 0.1) is 7.14 Å². The average molecular weight is 436 g/mol. The molecule has 1 aromatic carbocycles. The van der Waals surface area contributed by atoms with Gasteiger partial charge in [-0.1, -0.05) is 0 Å². The molecule has 0 atom stereocenters. The van der Waals surface area contributed by atoms with E-state index in [0.29, 0.717) is 0 Å². The normalized spacial score (nSPS) is 10.0. The number of rotatable bonds is 3. The van der Waals surface area contributed by atoms with Crippen molar-refractivity contribution < 1.29 is 9.53 Å². The lowest BCUT2D eigenvalue weighted by Crippen LogP contribution is -1.97. The van der Waals surface area contributed by atoms with Crippen molar-refractivity contribution in [2.24, 2.45) is 0 Å². The Morgan fingerprint density at radius 1 is 1.43 bits per heavy atom. The Morgan fingerprint density at radius 3 is 2.29 bits per heavy atom. The molecule has 2 nitrogen and oxygen atoms in total. The van der Waals surface area contributed by atoms with Crippen molar-refractivity contribution in [3.63, 3.8) is 0 Å². The second kappa shape index (κ2) is 5.50. The van der Waals surface area contributed by atoms with E-state index in [2.05, 4.69) is 45.2 Å². The fourth-order valence-electron chi connectivity index (χ4n) is 1.07. The van der Waals surface area contributed by atoms with E-state index in [9.17, 15) is 4.79 Å². The first-order valence-electron chi connectivity index (χ1n) is 3.75. The molecule has 1 rings (SSSR count). The zero-order valence-corrected chi connectivity index (χ0v) is 12.4. The van der Waals surface area contributed by atoms with Gasteiger partial charge in [0.15, 0.2) is 0 Å². The summed E-state index contributed by atoms with van der Waals surface area (Å²) in [6.45, 7) is 0. The van der Waals surface area contributed by atoms with Gasteiger partial charge in [0.25, 0.3) is 0 Å². The Bertz CT molecular complexity index is 343. The molecule has 0 spiro atoms. The first-order chi connectivity index (χ1) is 6.54. The molecule has 0 bridgehead atoms. The average Bonchev–Trinajstić information content (AvgIpc) is 2.01. The predicted octanol–water partition coefficient (Wildman–Crippen LogP) is 3.21. The number of carbonyl (C=O) groups excluding carboxylic acids is 1. The summed E-state index contributed by atoms with van der Waals surface area (Å²) < 4.78 is 7.18. The first kappa shape index (κ1) is 12.5. The minimum absolute atomic E-state index is 0.261. The Balaban J connectivity index is 3.07. The van der Waals surface area contributed by atoms with E-state index in [4.69, 9.17) is 16.3 Å². The molecule has 76 valence electrons. The lowest BCUT2D eigenvalue weighted by molar-refractivity contribution is -0.111. The molecule has 0 aromatic heterocycles. The maximum absolute atomic E-state index is 10.7. The Morgan fingerprint density at radius 2 is 1.93 bits per heavy atom. The van der Waals surface area contributed by atoms with E-state index in [-0.39, 0.29) is 11.7 Å². The van der Waals surface area contributed by atoms with Crippen molar-refractivity contribution in [2.45, 2.75) is 6.42 Å². The highest BCUT2D eigenvalue weighted by atomic mass is 127. The molecule has 1 aromatic rings. The number of hydrogen-bond donors (Lipinski definition) is 0. The molecular weight excluding hydrogens is 429 g/mol. The van der Waals surface area contributed by atoms with Crippen LogP contribution in [0.2, 0.25) is 0 Å². The van der Waals surface area contributed by atoms with Crippen LogP contribution in [-0.2, 0) is 11.2 Å². The third kappa shape index (κ3) is 3.23. The molecule has 14 heavy (non-hydrogen) atoms. The summed E-state index contributed by atoms with van der Waals surface area (Å²) in [5.41, 5.74) is 0.916. The summed E-state index contributed by atoms with van der Waals surface area (Å²) in [5, 5.41) is -0.346. The van der Waals surface area contributed by atoms with Crippen LogP contribution < -0.4 is 4.74 Å². The zero-order valence-electron chi connectivity index (χ0n) is 7.31. The van der Waals surface area contributed by atoms with Crippen LogP contribution in [-0.4, -0.2) is 12.4 Å². The van der Waals surface area contributed by atoms with Crippen LogP contribution in [0.25, 0.3) is 0 Å². The monoisotopic (exact) mass is 436 g/mol. The second-order valence-corrected chi connectivity index (χ2v) is 5.37. The van der Waals surface area contributed by atoms with Gasteiger partial charge in [0.1, 0.15) is 5.75 Å². The van der Waals surface area contributed by atoms with Crippen molar-refractivity contribution in [3.05, 3.63) is 24.8 Å². The van der Waals surface area contributed by atoms with Gasteiger partial charge in [0.2, 0.25) is 5.24 Å². The molecular formula is C9H7ClI2O2. The van der Waals surface area contributed by atoms with Crippen molar-refractivity contribution in [2.75, 3.05) is 7.11 Å². The molecule has 0 radical (unpaired) electrons. The van der Waals surface area contributed by atoms with Gasteiger partial charge in [-0.3, -0.25) is 4.79 Å². The lowest BCUT2D eigenvalue weighted by Gasteiger charge is -2.07. The van der Waals surface area contributed by atoms with E-state index >= 15 is 0 Å². The highest BCUT2D eigenvalue weighted by Gasteiger charge is 2.09. The van der Waals surface area contributed by atoms with Gasteiger partial charge < -0.3 is 4.74 Å². The molecule has 0 N–H and O–H groups in total. The van der Waals surface area contributed by atoms with Crippen LogP contribution >= 0.6 is 56.8 Å². The van der Waals surface area contributed by atoms with E-state index in [1.807, 2.05) is 12.1 Å². The predicted molar refractivity (Wildman–Crippen MR) is 73.0 cm³/mol. The van der Waals surface area contributed by atoms with Crippen LogP contribution in [0.4, 0.5) is 0 Å². The van der Waals surface area contributed by atoms with Gasteiger partial charge in [-0.25, -0.2) is 0 Å². The van der Waals surface area contributed by atoms with Gasteiger partial charge in [0.05, 0.1) is 14.3 Å². The largest absolute Gasteiger partial charge is 0.495 e. The number of halogens is 3. The number of ether oxygens (including phenoxy) is 1. The maximum atomic E-state index is 10.7. The van der Waals surface area contributed by atoms with Crippen LogP contribution in [0.5, 0.6) is 5.75 Å². The molecule has 0 saturated carbocycles. The quantitative estimate of drug-likeness (QED) is 0.538. The number of carbonyl (C=O) groups is 1. The first-order valence-corrected chi connectivity index (χ1v) is 6.28. The van der Waals surface area contributed by atoms with Crippen molar-refractivity contribution in [1.29, 1.82) is 0 Å². The molecule has 0 aliphatic heterocycles. The van der Waals surface area contributed by atoms with E-state index in [0.717, 1.165) is 18.5 Å². The summed E-state index contributed by atoms with van der Waals surface area (Å²) in [6, 6.07) is 3.81. The Kier molecular flexibility index (Phi) is 4.92. The molecule has 0 aliphatic carbocycles. The highest BCUT2D eigenvalue weighted by molar-refractivity contribution is 14.1. The molecule has 0 aliphatic rings. The van der Waals surface area contributed by atoms with Crippen LogP contribution in [0.15, 0.2) is 12.1 Å². The molecule has 0 fully saturated rings. The van der Waals surface area contributed by atoms with Crippen molar-refractivity contribution in [3.8, 4) is 5.75 Å². The number of hydrogen-bond acceptors (Lipinski definition) is 2. The van der Waals surface area contributed by atoms with Crippen molar-refractivity contribution in [1.82, 2.24) is 0 Å². The van der Waals surface area contributed by atoms with E-state index in [1.165, 1.54) is 0 Å². The third-order valence-electron chi connectivity index (χ3n) is 1.61.